The highest BCUT2D eigenvalue weighted by Gasteiger charge is 2.38. The molecule has 0 saturated heterocycles. The van der Waals surface area contributed by atoms with Gasteiger partial charge in [-0.3, -0.25) is 4.79 Å². The highest BCUT2D eigenvalue weighted by Crippen LogP contribution is 2.38. The molecule has 1 N–H and O–H groups in total. The molecular weight excluding hydrogens is 616 g/mol. The molecule has 0 heterocycles. The van der Waals surface area contributed by atoms with E-state index in [4.69, 9.17) is 21.1 Å². The topological polar surface area (TPSA) is 121 Å². The molecule has 0 spiro atoms. The molecule has 0 aliphatic carbocycles. The van der Waals surface area contributed by atoms with Gasteiger partial charge in [0.25, 0.3) is 5.91 Å². The highest BCUT2D eigenvalue weighted by atomic mass is 35.5. The van der Waals surface area contributed by atoms with Crippen molar-refractivity contribution in [2.75, 3.05) is 6.61 Å². The van der Waals surface area contributed by atoms with E-state index in [2.05, 4.69) is 10.1 Å². The molecule has 1 amide bonds. The van der Waals surface area contributed by atoms with Crippen molar-refractivity contribution in [3.8, 4) is 35.1 Å². The molecule has 1 unspecified atom stereocenters. The first-order valence-electron chi connectivity index (χ1n) is 11.3. The SMILES string of the molecule is C[C@](C#N)(COc1cc(C#N)ccc1Oc1ccc(OC(F)(F)F)cc1Cl)NC(=O)c1ccc(S(=O)C(F)(F)F)cc1. The Morgan fingerprint density at radius 3 is 2.14 bits per heavy atom. The average Bonchev–Trinajstić information content (AvgIpc) is 2.92. The first kappa shape index (κ1) is 32.0. The zero-order valence-corrected chi connectivity index (χ0v) is 22.5. The predicted molar refractivity (Wildman–Crippen MR) is 135 cm³/mol. The van der Waals surface area contributed by atoms with Crippen molar-refractivity contribution in [3.63, 3.8) is 0 Å². The minimum Gasteiger partial charge on any atom is -0.486 e. The van der Waals surface area contributed by atoms with Crippen LogP contribution in [0.25, 0.3) is 0 Å². The summed E-state index contributed by atoms with van der Waals surface area (Å²) in [5, 5.41) is 21.1. The smallest absolute Gasteiger partial charge is 0.486 e. The van der Waals surface area contributed by atoms with E-state index >= 15 is 0 Å². The zero-order chi connectivity index (χ0) is 31.3. The Balaban J connectivity index is 1.77. The zero-order valence-electron chi connectivity index (χ0n) is 21.0. The molecule has 0 bridgehead atoms. The third kappa shape index (κ3) is 8.52. The van der Waals surface area contributed by atoms with Crippen molar-refractivity contribution in [1.29, 1.82) is 10.5 Å². The van der Waals surface area contributed by atoms with Crippen molar-refractivity contribution in [1.82, 2.24) is 5.32 Å². The molecule has 0 aliphatic rings. The fourth-order valence-electron chi connectivity index (χ4n) is 3.16. The quantitative estimate of drug-likeness (QED) is 0.263. The van der Waals surface area contributed by atoms with Crippen molar-refractivity contribution in [3.05, 3.63) is 76.8 Å². The van der Waals surface area contributed by atoms with E-state index in [0.717, 1.165) is 42.5 Å². The van der Waals surface area contributed by atoms with Crippen LogP contribution in [0.4, 0.5) is 26.3 Å². The van der Waals surface area contributed by atoms with Gasteiger partial charge in [0.1, 0.15) is 18.1 Å². The second kappa shape index (κ2) is 12.6. The van der Waals surface area contributed by atoms with Crippen LogP contribution in [0.15, 0.2) is 65.6 Å². The monoisotopic (exact) mass is 631 g/mol. The molecule has 16 heteroatoms. The van der Waals surface area contributed by atoms with Gasteiger partial charge in [-0.2, -0.15) is 23.7 Å². The summed E-state index contributed by atoms with van der Waals surface area (Å²) in [7, 11) is -3.29. The third-order valence-electron chi connectivity index (χ3n) is 5.12. The molecule has 42 heavy (non-hydrogen) atoms. The lowest BCUT2D eigenvalue weighted by molar-refractivity contribution is -0.274. The molecule has 2 atom stereocenters. The number of amides is 1. The second-order valence-electron chi connectivity index (χ2n) is 8.44. The maximum absolute atomic E-state index is 12.7. The van der Waals surface area contributed by atoms with Gasteiger partial charge in [-0.25, -0.2) is 4.21 Å². The van der Waals surface area contributed by atoms with Crippen molar-refractivity contribution >= 4 is 28.3 Å². The number of hydrogen-bond donors (Lipinski definition) is 1. The number of carbonyl (C=O) groups excluding carboxylic acids is 1. The van der Waals surface area contributed by atoms with Crippen LogP contribution in [0.5, 0.6) is 23.0 Å². The minimum absolute atomic E-state index is 0.0553. The largest absolute Gasteiger partial charge is 0.573 e. The molecule has 0 radical (unpaired) electrons. The molecule has 0 saturated carbocycles. The standard InChI is InChI=1S/C26H16ClF6N3O5S/c1-24(13-35,36-23(37)16-3-6-18(7-4-16)42(38)26(31,32)33)14-39-22-10-15(12-34)2-8-21(22)40-20-9-5-17(11-19(20)27)41-25(28,29)30/h2-11H,14H2,1H3,(H,36,37)/t24-,42?/m0/s1. The normalized spacial score (nSPS) is 13.6. The van der Waals surface area contributed by atoms with Gasteiger partial charge in [0.05, 0.1) is 22.7 Å². The second-order valence-corrected chi connectivity index (χ2v) is 10.3. The van der Waals surface area contributed by atoms with E-state index < -0.39 is 51.4 Å². The summed E-state index contributed by atoms with van der Waals surface area (Å²) in [6, 6.07) is 14.3. The summed E-state index contributed by atoms with van der Waals surface area (Å²) < 4.78 is 102. The summed E-state index contributed by atoms with van der Waals surface area (Å²) in [5.74, 6) is -1.72. The Morgan fingerprint density at radius 1 is 0.952 bits per heavy atom. The van der Waals surface area contributed by atoms with Crippen molar-refractivity contribution in [2.24, 2.45) is 0 Å². The Morgan fingerprint density at radius 2 is 1.60 bits per heavy atom. The summed E-state index contributed by atoms with van der Waals surface area (Å²) in [6.45, 7) is 0.756. The number of benzene rings is 3. The van der Waals surface area contributed by atoms with E-state index in [1.54, 1.807) is 0 Å². The van der Waals surface area contributed by atoms with Gasteiger partial charge in [0.2, 0.25) is 0 Å². The Hall–Kier alpha value is -4.47. The Kier molecular flexibility index (Phi) is 9.60. The fourth-order valence-corrected chi connectivity index (χ4v) is 4.02. The highest BCUT2D eigenvalue weighted by molar-refractivity contribution is 7.86. The first-order valence-corrected chi connectivity index (χ1v) is 12.8. The maximum Gasteiger partial charge on any atom is 0.573 e. The average molecular weight is 632 g/mol. The predicted octanol–water partition coefficient (Wildman–Crippen LogP) is 6.62. The number of nitrogens with zero attached hydrogens (tertiary/aromatic N) is 2. The van der Waals surface area contributed by atoms with Crippen LogP contribution < -0.4 is 19.5 Å². The number of alkyl halides is 6. The van der Waals surface area contributed by atoms with Crippen LogP contribution >= 0.6 is 11.6 Å². The van der Waals surface area contributed by atoms with Crippen LogP contribution in [0, 0.1) is 22.7 Å². The van der Waals surface area contributed by atoms with Gasteiger partial charge in [-0.1, -0.05) is 11.6 Å². The van der Waals surface area contributed by atoms with Crippen LogP contribution in [0.1, 0.15) is 22.8 Å². The minimum atomic E-state index is -4.98. The number of ether oxygens (including phenoxy) is 3. The molecule has 8 nitrogen and oxygen atoms in total. The first-order chi connectivity index (χ1) is 19.5. The molecule has 0 aromatic heterocycles. The van der Waals surface area contributed by atoms with E-state index in [-0.39, 0.29) is 33.4 Å². The van der Waals surface area contributed by atoms with Crippen LogP contribution in [-0.2, 0) is 10.8 Å². The van der Waals surface area contributed by atoms with Crippen molar-refractivity contribution < 1.29 is 49.6 Å². The van der Waals surface area contributed by atoms with Gasteiger partial charge in [-0.05, 0) is 55.5 Å². The van der Waals surface area contributed by atoms with Crippen LogP contribution in [0.2, 0.25) is 5.02 Å². The van der Waals surface area contributed by atoms with E-state index in [9.17, 15) is 45.9 Å². The number of hydrogen-bond acceptors (Lipinski definition) is 7. The molecule has 220 valence electrons. The third-order valence-corrected chi connectivity index (χ3v) is 6.54. The van der Waals surface area contributed by atoms with Gasteiger partial charge in [0, 0.05) is 22.6 Å². The molecule has 0 fully saturated rings. The summed E-state index contributed by atoms with van der Waals surface area (Å²) in [6.07, 6.45) is -4.94. The Labute approximate surface area is 241 Å². The summed E-state index contributed by atoms with van der Waals surface area (Å²) in [5.41, 5.74) is -6.74. The van der Waals surface area contributed by atoms with E-state index in [1.165, 1.54) is 25.1 Å². The maximum atomic E-state index is 12.7. The molecule has 3 aromatic rings. The lowest BCUT2D eigenvalue weighted by Gasteiger charge is -2.24. The number of nitriles is 2. The lowest BCUT2D eigenvalue weighted by atomic mass is 10.0. The van der Waals surface area contributed by atoms with Gasteiger partial charge < -0.3 is 19.5 Å². The molecule has 0 aliphatic heterocycles. The van der Waals surface area contributed by atoms with Gasteiger partial charge in [-0.15, -0.1) is 13.2 Å². The lowest BCUT2D eigenvalue weighted by Crippen LogP contribution is -2.49. The van der Waals surface area contributed by atoms with E-state index in [0.29, 0.717) is 0 Å². The number of rotatable bonds is 9. The van der Waals surface area contributed by atoms with Crippen LogP contribution in [0.3, 0.4) is 0 Å². The van der Waals surface area contributed by atoms with Crippen molar-refractivity contribution in [2.45, 2.75) is 29.2 Å². The van der Waals surface area contributed by atoms with E-state index in [1.807, 2.05) is 12.1 Å². The Bertz CT molecular complexity index is 1590. The number of nitrogens with one attached hydrogen (secondary N) is 1. The van der Waals surface area contributed by atoms with Gasteiger partial charge >= 0.3 is 11.9 Å². The molecule has 3 aromatic carbocycles. The molecule has 3 rings (SSSR count). The number of halogens is 7. The van der Waals surface area contributed by atoms with Gasteiger partial charge in [0.15, 0.2) is 27.8 Å². The fraction of sp³-hybridized carbons (Fsp3) is 0.192. The summed E-state index contributed by atoms with van der Waals surface area (Å²) in [4.78, 5) is 12.1. The number of carbonyl (C=O) groups is 1. The molecular formula is C26H16ClF6N3O5S. The van der Waals surface area contributed by atoms with Crippen LogP contribution in [-0.4, -0.2) is 34.1 Å². The summed E-state index contributed by atoms with van der Waals surface area (Å²) >= 11 is 6.03.